The summed E-state index contributed by atoms with van der Waals surface area (Å²) in [5.74, 6) is 0.343. The van der Waals surface area contributed by atoms with Crippen LogP contribution in [0.4, 0.5) is 11.4 Å². The number of nitrogens with zero attached hydrogens (tertiary/aromatic N) is 1. The largest absolute Gasteiger partial charge is 0.457 e. The lowest BCUT2D eigenvalue weighted by atomic mass is 10.2. The van der Waals surface area contributed by atoms with E-state index in [2.05, 4.69) is 10.0 Å². The topological polar surface area (TPSA) is 108 Å². The summed E-state index contributed by atoms with van der Waals surface area (Å²) >= 11 is 13.5. The van der Waals surface area contributed by atoms with Gasteiger partial charge in [0.05, 0.1) is 22.8 Å². The summed E-state index contributed by atoms with van der Waals surface area (Å²) in [6, 6.07) is 18.1. The maximum atomic E-state index is 12.9. The second-order valence-electron chi connectivity index (χ2n) is 7.26. The molecule has 0 aliphatic rings. The molecule has 4 rings (SSSR count). The Labute approximate surface area is 209 Å². The van der Waals surface area contributed by atoms with Crippen LogP contribution in [0.2, 0.25) is 10.0 Å². The number of benzene rings is 3. The van der Waals surface area contributed by atoms with Crippen LogP contribution in [0.25, 0.3) is 10.1 Å². The van der Waals surface area contributed by atoms with Crippen LogP contribution in [-0.2, 0) is 10.0 Å². The molecule has 0 radical (unpaired) electrons. The maximum absolute atomic E-state index is 12.9. The average molecular weight is 532 g/mol. The molecule has 0 unspecified atom stereocenters. The zero-order valence-corrected chi connectivity index (χ0v) is 20.6. The summed E-state index contributed by atoms with van der Waals surface area (Å²) in [6.45, 7) is 0. The number of anilines is 2. The van der Waals surface area contributed by atoms with Crippen molar-refractivity contribution in [2.45, 2.75) is 0 Å². The second kappa shape index (κ2) is 9.52. The number of amides is 1. The molecule has 3 aromatic carbocycles. The summed E-state index contributed by atoms with van der Waals surface area (Å²) in [4.78, 5) is 13.3. The van der Waals surface area contributed by atoms with E-state index in [1.54, 1.807) is 48.5 Å². The predicted molar refractivity (Wildman–Crippen MR) is 136 cm³/mol. The Morgan fingerprint density at radius 2 is 1.68 bits per heavy atom. The number of nitriles is 1. The number of hydrogen-bond acceptors (Lipinski definition) is 6. The minimum absolute atomic E-state index is 0.336. The number of thiophene rings is 1. The monoisotopic (exact) mass is 531 g/mol. The number of halogens is 2. The van der Waals surface area contributed by atoms with Crippen molar-refractivity contribution in [1.29, 1.82) is 5.26 Å². The summed E-state index contributed by atoms with van der Waals surface area (Å²) in [7, 11) is -3.41. The molecule has 1 amide bonds. The molecule has 0 fully saturated rings. The SMILES string of the molecule is CS(=O)(=O)Nc1ccc2sc(C(=O)Nc3cc(Cl)cc(Oc4cc(Cl)cc(C#N)c4)c3)cc2c1. The molecule has 0 saturated heterocycles. The van der Waals surface area contributed by atoms with Crippen molar-refractivity contribution in [1.82, 2.24) is 0 Å². The van der Waals surface area contributed by atoms with Crippen molar-refractivity contribution in [3.05, 3.63) is 81.1 Å². The molecule has 0 saturated carbocycles. The average Bonchev–Trinajstić information content (AvgIpc) is 3.15. The molecule has 11 heteroatoms. The first kappa shape index (κ1) is 23.9. The van der Waals surface area contributed by atoms with Crippen LogP contribution in [0.5, 0.6) is 11.5 Å². The summed E-state index contributed by atoms with van der Waals surface area (Å²) in [5.41, 5.74) is 1.17. The smallest absolute Gasteiger partial charge is 0.265 e. The zero-order valence-electron chi connectivity index (χ0n) is 17.4. The van der Waals surface area contributed by atoms with Crippen molar-refractivity contribution in [3.63, 3.8) is 0 Å². The Bertz CT molecular complexity index is 1580. The number of fused-ring (bicyclic) bond motifs is 1. The van der Waals surface area contributed by atoms with Crippen molar-refractivity contribution in [3.8, 4) is 17.6 Å². The van der Waals surface area contributed by atoms with E-state index < -0.39 is 10.0 Å². The molecule has 0 bridgehead atoms. The van der Waals surface area contributed by atoms with Gasteiger partial charge in [-0.15, -0.1) is 11.3 Å². The lowest BCUT2D eigenvalue weighted by molar-refractivity contribution is 0.103. The van der Waals surface area contributed by atoms with Gasteiger partial charge < -0.3 is 10.1 Å². The van der Waals surface area contributed by atoms with E-state index in [0.717, 1.165) is 16.3 Å². The third-order valence-corrected chi connectivity index (χ3v) is 6.57. The van der Waals surface area contributed by atoms with E-state index in [0.29, 0.717) is 43.4 Å². The standard InChI is InChI=1S/C23H15Cl2N3O4S2/c1-34(30,31)28-17-2-3-21-14(6-17)7-22(33-21)23(29)27-18-8-16(25)10-20(11-18)32-19-5-13(12-26)4-15(24)9-19/h2-11,28H,1H3,(H,27,29). The molecule has 4 aromatic rings. The summed E-state index contributed by atoms with van der Waals surface area (Å²) in [6.07, 6.45) is 1.07. The second-order valence-corrected chi connectivity index (χ2v) is 11.0. The van der Waals surface area contributed by atoms with Gasteiger partial charge in [0, 0.05) is 32.2 Å². The van der Waals surface area contributed by atoms with E-state index in [9.17, 15) is 13.2 Å². The number of carbonyl (C=O) groups is 1. The van der Waals surface area contributed by atoms with E-state index >= 15 is 0 Å². The summed E-state index contributed by atoms with van der Waals surface area (Å²) in [5, 5.41) is 13.3. The highest BCUT2D eigenvalue weighted by molar-refractivity contribution is 7.92. The third kappa shape index (κ3) is 5.98. The van der Waals surface area contributed by atoms with Crippen LogP contribution >= 0.6 is 34.5 Å². The van der Waals surface area contributed by atoms with E-state index in [4.69, 9.17) is 33.2 Å². The van der Waals surface area contributed by atoms with Gasteiger partial charge in [-0.3, -0.25) is 9.52 Å². The Morgan fingerprint density at radius 1 is 0.971 bits per heavy atom. The Balaban J connectivity index is 1.55. The number of ether oxygens (including phenoxy) is 1. The Kier molecular flexibility index (Phi) is 6.68. The highest BCUT2D eigenvalue weighted by Gasteiger charge is 2.13. The molecule has 34 heavy (non-hydrogen) atoms. The quantitative estimate of drug-likeness (QED) is 0.295. The number of carbonyl (C=O) groups excluding carboxylic acids is 1. The molecule has 0 aliphatic carbocycles. The molecule has 2 N–H and O–H groups in total. The van der Waals surface area contributed by atoms with Crippen LogP contribution in [-0.4, -0.2) is 20.6 Å². The molecular weight excluding hydrogens is 517 g/mol. The predicted octanol–water partition coefficient (Wildman–Crippen LogP) is 6.50. The van der Waals surface area contributed by atoms with Crippen molar-refractivity contribution < 1.29 is 17.9 Å². The summed E-state index contributed by atoms with van der Waals surface area (Å²) < 4.78 is 31.9. The number of sulfonamides is 1. The molecule has 0 atom stereocenters. The van der Waals surface area contributed by atoms with Gasteiger partial charge in [-0.1, -0.05) is 23.2 Å². The Hall–Kier alpha value is -3.29. The van der Waals surface area contributed by atoms with E-state index in [1.807, 2.05) is 6.07 Å². The van der Waals surface area contributed by atoms with Crippen molar-refractivity contribution in [2.75, 3.05) is 16.3 Å². The minimum Gasteiger partial charge on any atom is -0.457 e. The fourth-order valence-corrected chi connectivity index (χ4v) is 5.09. The highest BCUT2D eigenvalue weighted by atomic mass is 35.5. The number of rotatable bonds is 6. The molecule has 0 spiro atoms. The molecule has 1 heterocycles. The van der Waals surface area contributed by atoms with Gasteiger partial charge >= 0.3 is 0 Å². The lowest BCUT2D eigenvalue weighted by Crippen LogP contribution is -2.10. The van der Waals surface area contributed by atoms with Gasteiger partial charge in [0.1, 0.15) is 11.5 Å². The zero-order chi connectivity index (χ0) is 24.5. The van der Waals surface area contributed by atoms with E-state index in [1.165, 1.54) is 23.5 Å². The fourth-order valence-electron chi connectivity index (χ4n) is 3.14. The van der Waals surface area contributed by atoms with Gasteiger partial charge in [0.15, 0.2) is 0 Å². The van der Waals surface area contributed by atoms with Gasteiger partial charge in [-0.05, 0) is 60.0 Å². The minimum atomic E-state index is -3.41. The normalized spacial score (nSPS) is 11.1. The van der Waals surface area contributed by atoms with Crippen LogP contribution in [0.1, 0.15) is 15.2 Å². The highest BCUT2D eigenvalue weighted by Crippen LogP contribution is 2.32. The molecular formula is C23H15Cl2N3O4S2. The van der Waals surface area contributed by atoms with E-state index in [-0.39, 0.29) is 5.91 Å². The maximum Gasteiger partial charge on any atom is 0.265 e. The van der Waals surface area contributed by atoms with Crippen LogP contribution in [0.15, 0.2) is 60.7 Å². The van der Waals surface area contributed by atoms with Gasteiger partial charge in [-0.25, -0.2) is 8.42 Å². The third-order valence-electron chi connectivity index (χ3n) is 4.41. The first-order chi connectivity index (χ1) is 16.1. The first-order valence-electron chi connectivity index (χ1n) is 9.60. The lowest BCUT2D eigenvalue weighted by Gasteiger charge is -2.10. The Morgan fingerprint density at radius 3 is 2.38 bits per heavy atom. The van der Waals surface area contributed by atoms with Crippen LogP contribution in [0.3, 0.4) is 0 Å². The fraction of sp³-hybridized carbons (Fsp3) is 0.0435. The first-order valence-corrected chi connectivity index (χ1v) is 13.1. The molecule has 1 aromatic heterocycles. The van der Waals surface area contributed by atoms with Gasteiger partial charge in [0.2, 0.25) is 10.0 Å². The van der Waals surface area contributed by atoms with Crippen molar-refractivity contribution in [2.24, 2.45) is 0 Å². The molecule has 172 valence electrons. The molecule has 0 aliphatic heterocycles. The van der Waals surface area contributed by atoms with Gasteiger partial charge in [-0.2, -0.15) is 5.26 Å². The number of hydrogen-bond donors (Lipinski definition) is 2. The molecule has 7 nitrogen and oxygen atoms in total. The van der Waals surface area contributed by atoms with Crippen LogP contribution < -0.4 is 14.8 Å². The van der Waals surface area contributed by atoms with Crippen molar-refractivity contribution >= 4 is 71.9 Å². The van der Waals surface area contributed by atoms with Gasteiger partial charge in [0.25, 0.3) is 5.91 Å². The van der Waals surface area contributed by atoms with Crippen LogP contribution in [0, 0.1) is 11.3 Å². The number of nitrogens with one attached hydrogen (secondary N) is 2.